The molecule has 0 saturated carbocycles. The maximum atomic E-state index is 13.0. The molecule has 2 saturated heterocycles. The largest absolute Gasteiger partial charge is 0.494 e. The first kappa shape index (κ1) is 23.1. The summed E-state index contributed by atoms with van der Waals surface area (Å²) in [6.45, 7) is 6.49. The number of aryl methyl sites for hydroxylation is 1. The molecule has 1 aromatic rings. The highest BCUT2D eigenvalue weighted by Gasteiger charge is 2.40. The molecule has 30 heavy (non-hydrogen) atoms. The van der Waals surface area contributed by atoms with Crippen LogP contribution in [-0.2, 0) is 21.2 Å². The molecule has 0 N–H and O–H groups in total. The van der Waals surface area contributed by atoms with E-state index in [1.807, 2.05) is 30.9 Å². The molecule has 0 spiro atoms. The van der Waals surface area contributed by atoms with E-state index in [1.54, 1.807) is 0 Å². The zero-order valence-corrected chi connectivity index (χ0v) is 19.2. The number of sulfonamides is 1. The Kier molecular flexibility index (Phi) is 8.17. The molecule has 7 heteroatoms. The molecule has 1 aromatic carbocycles. The fourth-order valence-electron chi connectivity index (χ4n) is 4.64. The van der Waals surface area contributed by atoms with Gasteiger partial charge in [-0.15, -0.1) is 0 Å². The van der Waals surface area contributed by atoms with Crippen LogP contribution in [0.1, 0.15) is 57.9 Å². The van der Waals surface area contributed by atoms with Gasteiger partial charge in [0.2, 0.25) is 15.9 Å². The third kappa shape index (κ3) is 5.76. The molecule has 1 atom stereocenters. The van der Waals surface area contributed by atoms with Crippen molar-refractivity contribution >= 4 is 15.9 Å². The van der Waals surface area contributed by atoms with Gasteiger partial charge < -0.3 is 9.64 Å². The highest BCUT2D eigenvalue weighted by Crippen LogP contribution is 2.27. The van der Waals surface area contributed by atoms with Crippen LogP contribution in [0.5, 0.6) is 5.75 Å². The van der Waals surface area contributed by atoms with Crippen LogP contribution in [0.25, 0.3) is 0 Å². The van der Waals surface area contributed by atoms with Gasteiger partial charge in [0.15, 0.2) is 0 Å². The number of hydrogen-bond donors (Lipinski definition) is 0. The van der Waals surface area contributed by atoms with Crippen LogP contribution in [0.3, 0.4) is 0 Å². The van der Waals surface area contributed by atoms with E-state index in [1.165, 1.54) is 9.87 Å². The van der Waals surface area contributed by atoms with Crippen LogP contribution in [0, 0.1) is 5.92 Å². The number of carbonyl (C=O) groups excluding carboxylic acids is 1. The normalized spacial score (nSPS) is 21.1. The molecule has 2 heterocycles. The van der Waals surface area contributed by atoms with Gasteiger partial charge in [-0.1, -0.05) is 19.1 Å². The van der Waals surface area contributed by atoms with E-state index in [0.29, 0.717) is 31.9 Å². The summed E-state index contributed by atoms with van der Waals surface area (Å²) in [7, 11) is -3.32. The first-order valence-corrected chi connectivity index (χ1v) is 13.1. The lowest BCUT2D eigenvalue weighted by atomic mass is 9.90. The molecule has 1 unspecified atom stereocenters. The zero-order chi connectivity index (χ0) is 21.6. The number of carbonyl (C=O) groups is 1. The van der Waals surface area contributed by atoms with E-state index in [9.17, 15) is 13.2 Å². The molecule has 168 valence electrons. The van der Waals surface area contributed by atoms with Crippen molar-refractivity contribution in [1.29, 1.82) is 0 Å². The Balaban J connectivity index is 1.47. The Labute approximate surface area is 181 Å². The number of benzene rings is 1. The monoisotopic (exact) mass is 436 g/mol. The fraction of sp³-hybridized carbons (Fsp3) is 0.696. The quantitative estimate of drug-likeness (QED) is 0.595. The van der Waals surface area contributed by atoms with Crippen molar-refractivity contribution in [3.63, 3.8) is 0 Å². The SMILES string of the molecule is CCCS(=O)(=O)N1CCCC1C(=O)N1CCC(CCc2ccc(OCC)cc2)CC1. The number of piperidine rings is 1. The second-order valence-corrected chi connectivity index (χ2v) is 10.5. The molecule has 2 aliphatic heterocycles. The highest BCUT2D eigenvalue weighted by molar-refractivity contribution is 7.89. The van der Waals surface area contributed by atoms with E-state index in [-0.39, 0.29) is 11.7 Å². The minimum absolute atomic E-state index is 0.0112. The predicted octanol–water partition coefficient (Wildman–Crippen LogP) is 3.46. The Morgan fingerprint density at radius 3 is 2.40 bits per heavy atom. The lowest BCUT2D eigenvalue weighted by Gasteiger charge is -2.35. The average molecular weight is 437 g/mol. The molecule has 3 rings (SSSR count). The molecule has 0 bridgehead atoms. The van der Waals surface area contributed by atoms with Crippen LogP contribution in [0.15, 0.2) is 24.3 Å². The molecule has 1 amide bonds. The van der Waals surface area contributed by atoms with Gasteiger partial charge in [0.05, 0.1) is 12.4 Å². The summed E-state index contributed by atoms with van der Waals surface area (Å²) in [5.41, 5.74) is 1.32. The van der Waals surface area contributed by atoms with Gasteiger partial charge in [0, 0.05) is 19.6 Å². The summed E-state index contributed by atoms with van der Waals surface area (Å²) in [5.74, 6) is 1.67. The van der Waals surface area contributed by atoms with Crippen LogP contribution < -0.4 is 4.74 Å². The standard InChI is InChI=1S/C23H36N2O4S/c1-3-18-30(27,28)25-15-5-6-22(25)23(26)24-16-13-20(14-17-24)8-7-19-9-11-21(12-10-19)29-4-2/h9-12,20,22H,3-8,13-18H2,1-2H3. The van der Waals surface area contributed by atoms with Crippen LogP contribution in [0.2, 0.25) is 0 Å². The van der Waals surface area contributed by atoms with E-state index in [4.69, 9.17) is 4.74 Å². The second-order valence-electron chi connectivity index (χ2n) is 8.47. The lowest BCUT2D eigenvalue weighted by Crippen LogP contribution is -2.50. The molecule has 2 aliphatic rings. The molecule has 2 fully saturated rings. The maximum absolute atomic E-state index is 13.0. The van der Waals surface area contributed by atoms with E-state index >= 15 is 0 Å². The third-order valence-corrected chi connectivity index (χ3v) is 8.39. The first-order chi connectivity index (χ1) is 14.4. The average Bonchev–Trinajstić information content (AvgIpc) is 3.24. The van der Waals surface area contributed by atoms with Crippen LogP contribution in [-0.4, -0.2) is 61.6 Å². The van der Waals surface area contributed by atoms with Crippen molar-refractivity contribution in [1.82, 2.24) is 9.21 Å². The predicted molar refractivity (Wildman–Crippen MR) is 119 cm³/mol. The summed E-state index contributed by atoms with van der Waals surface area (Å²) in [6, 6.07) is 7.84. The van der Waals surface area contributed by atoms with Crippen molar-refractivity contribution in [2.75, 3.05) is 32.0 Å². The van der Waals surface area contributed by atoms with E-state index < -0.39 is 16.1 Å². The highest BCUT2D eigenvalue weighted by atomic mass is 32.2. The number of amides is 1. The van der Waals surface area contributed by atoms with Crippen molar-refractivity contribution in [2.45, 2.75) is 64.8 Å². The fourth-order valence-corrected chi connectivity index (χ4v) is 6.38. The van der Waals surface area contributed by atoms with Crippen molar-refractivity contribution in [2.24, 2.45) is 5.92 Å². The van der Waals surface area contributed by atoms with Crippen molar-refractivity contribution < 1.29 is 17.9 Å². The van der Waals surface area contributed by atoms with Gasteiger partial charge in [0.25, 0.3) is 0 Å². The number of rotatable bonds is 9. The maximum Gasteiger partial charge on any atom is 0.241 e. The summed E-state index contributed by atoms with van der Waals surface area (Å²) in [4.78, 5) is 14.9. The summed E-state index contributed by atoms with van der Waals surface area (Å²) >= 11 is 0. The number of nitrogens with zero attached hydrogens (tertiary/aromatic N) is 2. The van der Waals surface area contributed by atoms with Crippen molar-refractivity contribution in [3.8, 4) is 5.75 Å². The minimum Gasteiger partial charge on any atom is -0.494 e. The van der Waals surface area contributed by atoms with Gasteiger partial charge in [0.1, 0.15) is 11.8 Å². The minimum atomic E-state index is -3.32. The summed E-state index contributed by atoms with van der Waals surface area (Å²) in [5, 5.41) is 0. The third-order valence-electron chi connectivity index (χ3n) is 6.31. The second kappa shape index (κ2) is 10.6. The molecule has 0 aliphatic carbocycles. The smallest absolute Gasteiger partial charge is 0.241 e. The van der Waals surface area contributed by atoms with E-state index in [2.05, 4.69) is 12.1 Å². The lowest BCUT2D eigenvalue weighted by molar-refractivity contribution is -0.136. The number of ether oxygens (including phenoxy) is 1. The Morgan fingerprint density at radius 1 is 1.07 bits per heavy atom. The Bertz CT molecular complexity index is 786. The molecular weight excluding hydrogens is 400 g/mol. The molecule has 0 radical (unpaired) electrons. The van der Waals surface area contributed by atoms with Gasteiger partial charge >= 0.3 is 0 Å². The molecule has 6 nitrogen and oxygen atoms in total. The van der Waals surface area contributed by atoms with Crippen molar-refractivity contribution in [3.05, 3.63) is 29.8 Å². The zero-order valence-electron chi connectivity index (χ0n) is 18.4. The van der Waals surface area contributed by atoms with E-state index in [0.717, 1.165) is 50.9 Å². The Hall–Kier alpha value is -1.60. The van der Waals surface area contributed by atoms with Crippen LogP contribution >= 0.6 is 0 Å². The summed E-state index contributed by atoms with van der Waals surface area (Å²) in [6.07, 6.45) is 6.17. The molecular formula is C23H36N2O4S. The summed E-state index contributed by atoms with van der Waals surface area (Å²) < 4.78 is 32.0. The Morgan fingerprint density at radius 2 is 1.77 bits per heavy atom. The molecule has 0 aromatic heterocycles. The first-order valence-electron chi connectivity index (χ1n) is 11.4. The topological polar surface area (TPSA) is 66.9 Å². The number of likely N-dealkylation sites (tertiary alicyclic amines) is 1. The van der Waals surface area contributed by atoms with Gasteiger partial charge in [-0.2, -0.15) is 4.31 Å². The van der Waals surface area contributed by atoms with Gasteiger partial charge in [-0.05, 0) is 75.5 Å². The van der Waals surface area contributed by atoms with Crippen LogP contribution in [0.4, 0.5) is 0 Å². The number of hydrogen-bond acceptors (Lipinski definition) is 4. The van der Waals surface area contributed by atoms with Gasteiger partial charge in [-0.25, -0.2) is 8.42 Å². The van der Waals surface area contributed by atoms with Gasteiger partial charge in [-0.3, -0.25) is 4.79 Å².